The minimum atomic E-state index is 0.354. The van der Waals surface area contributed by atoms with Crippen LogP contribution in [0.3, 0.4) is 0 Å². The van der Waals surface area contributed by atoms with Crippen molar-refractivity contribution in [3.63, 3.8) is 0 Å². The van der Waals surface area contributed by atoms with Crippen molar-refractivity contribution in [1.29, 1.82) is 0 Å². The lowest BCUT2D eigenvalue weighted by atomic mass is 9.95. The summed E-state index contributed by atoms with van der Waals surface area (Å²) in [6, 6.07) is 0. The van der Waals surface area contributed by atoms with Gasteiger partial charge in [0.15, 0.2) is 5.82 Å². The largest absolute Gasteiger partial charge is 0.390 e. The number of nitrogen functional groups attached to an aromatic ring is 1. The molecule has 1 saturated heterocycles. The van der Waals surface area contributed by atoms with Crippen LogP contribution in [-0.4, -0.2) is 23.4 Å². The van der Waals surface area contributed by atoms with Crippen molar-refractivity contribution >= 4 is 16.3 Å². The van der Waals surface area contributed by atoms with Crippen molar-refractivity contribution in [2.24, 2.45) is 0 Å². The summed E-state index contributed by atoms with van der Waals surface area (Å²) in [4.78, 5) is 6.04. The number of nitrogens with zero attached hydrogens (tertiary/aromatic N) is 2. The average molecular weight is 305 g/mol. The van der Waals surface area contributed by atoms with Gasteiger partial charge in [0.25, 0.3) is 5.89 Å². The number of aryl methyl sites for hydroxylation is 1. The number of hydrogen-bond donors (Lipinski definition) is 1. The third-order valence-corrected chi connectivity index (χ3v) is 5.56. The number of hydrogen-bond acceptors (Lipinski definition) is 6. The molecule has 5 nitrogen and oxygen atoms in total. The van der Waals surface area contributed by atoms with Gasteiger partial charge in [-0.25, -0.2) is 0 Å². The molecule has 2 aliphatic rings. The number of nitrogens with two attached hydrogens (primary N) is 1. The van der Waals surface area contributed by atoms with Crippen molar-refractivity contribution in [2.75, 3.05) is 18.9 Å². The van der Waals surface area contributed by atoms with Gasteiger partial charge in [-0.15, -0.1) is 11.3 Å². The van der Waals surface area contributed by atoms with E-state index in [1.54, 1.807) is 11.3 Å². The molecule has 1 aliphatic carbocycles. The summed E-state index contributed by atoms with van der Waals surface area (Å²) < 4.78 is 10.9. The molecular weight excluding hydrogens is 286 g/mol. The van der Waals surface area contributed by atoms with Crippen molar-refractivity contribution in [2.45, 2.75) is 44.4 Å². The predicted molar refractivity (Wildman–Crippen MR) is 81.5 cm³/mol. The van der Waals surface area contributed by atoms with Crippen molar-refractivity contribution in [1.82, 2.24) is 10.1 Å². The van der Waals surface area contributed by atoms with Gasteiger partial charge in [0.1, 0.15) is 0 Å². The fraction of sp³-hybridized carbons (Fsp3) is 0.600. The highest BCUT2D eigenvalue weighted by molar-refractivity contribution is 7.16. The second kappa shape index (κ2) is 5.42. The monoisotopic (exact) mass is 305 g/mol. The quantitative estimate of drug-likeness (QED) is 0.922. The minimum Gasteiger partial charge on any atom is -0.390 e. The third kappa shape index (κ3) is 2.36. The predicted octanol–water partition coefficient (Wildman–Crippen LogP) is 3.15. The Labute approximate surface area is 127 Å². The molecule has 1 fully saturated rings. The molecule has 0 bridgehead atoms. The van der Waals surface area contributed by atoms with Crippen LogP contribution in [0.1, 0.15) is 47.9 Å². The van der Waals surface area contributed by atoms with Crippen LogP contribution >= 0.6 is 11.3 Å². The maximum Gasteiger partial charge on any atom is 0.261 e. The van der Waals surface area contributed by atoms with E-state index in [-0.39, 0.29) is 0 Å². The summed E-state index contributed by atoms with van der Waals surface area (Å²) >= 11 is 1.69. The highest BCUT2D eigenvalue weighted by Gasteiger charge is 2.26. The molecule has 2 N–H and O–H groups in total. The number of aromatic nitrogens is 2. The number of fused-ring (bicyclic) bond motifs is 1. The second-order valence-electron chi connectivity index (χ2n) is 5.79. The summed E-state index contributed by atoms with van der Waals surface area (Å²) in [5.41, 5.74) is 8.55. The van der Waals surface area contributed by atoms with Gasteiger partial charge in [-0.05, 0) is 44.1 Å². The summed E-state index contributed by atoms with van der Waals surface area (Å²) in [7, 11) is 0. The lowest BCUT2D eigenvalue weighted by Crippen LogP contribution is -2.15. The van der Waals surface area contributed by atoms with Crippen LogP contribution < -0.4 is 5.73 Å². The Bertz CT molecular complexity index is 643. The first kappa shape index (κ1) is 13.3. The molecule has 6 heteroatoms. The fourth-order valence-corrected chi connectivity index (χ4v) is 4.43. The first-order valence-electron chi connectivity index (χ1n) is 7.64. The molecule has 2 aromatic rings. The van der Waals surface area contributed by atoms with Crippen LogP contribution in [0.15, 0.2) is 4.52 Å². The first-order valence-corrected chi connectivity index (χ1v) is 8.46. The van der Waals surface area contributed by atoms with Gasteiger partial charge in [0.2, 0.25) is 0 Å². The summed E-state index contributed by atoms with van der Waals surface area (Å²) in [5.74, 6) is 1.77. The van der Waals surface area contributed by atoms with Gasteiger partial charge in [-0.1, -0.05) is 5.16 Å². The third-order valence-electron chi connectivity index (χ3n) is 4.44. The van der Waals surface area contributed by atoms with Gasteiger partial charge in [-0.3, -0.25) is 0 Å². The van der Waals surface area contributed by atoms with Gasteiger partial charge in [0.05, 0.1) is 10.6 Å². The molecule has 21 heavy (non-hydrogen) atoms. The van der Waals surface area contributed by atoms with E-state index >= 15 is 0 Å². The van der Waals surface area contributed by atoms with Crippen LogP contribution in [0.5, 0.6) is 0 Å². The van der Waals surface area contributed by atoms with Crippen molar-refractivity contribution in [3.8, 4) is 11.5 Å². The molecule has 0 atom stereocenters. The Morgan fingerprint density at radius 2 is 1.95 bits per heavy atom. The zero-order chi connectivity index (χ0) is 14.2. The molecule has 1 aliphatic heterocycles. The van der Waals surface area contributed by atoms with Gasteiger partial charge >= 0.3 is 0 Å². The number of anilines is 1. The van der Waals surface area contributed by atoms with E-state index in [0.29, 0.717) is 11.8 Å². The molecule has 2 aromatic heterocycles. The average Bonchev–Trinajstić information content (AvgIpc) is 3.11. The smallest absolute Gasteiger partial charge is 0.261 e. The summed E-state index contributed by atoms with van der Waals surface area (Å²) in [6.45, 7) is 1.56. The Morgan fingerprint density at radius 3 is 2.81 bits per heavy atom. The van der Waals surface area contributed by atoms with Gasteiger partial charge in [-0.2, -0.15) is 4.98 Å². The van der Waals surface area contributed by atoms with E-state index in [4.69, 9.17) is 15.0 Å². The molecule has 0 radical (unpaired) electrons. The van der Waals surface area contributed by atoms with E-state index in [1.807, 2.05) is 0 Å². The maximum absolute atomic E-state index is 6.21. The standard InChI is InChI=1S/C15H19N3O2S/c16-13-12(10-3-1-2-4-11(10)21-13)15-17-14(18-20-15)9-5-7-19-8-6-9/h9H,1-8,16H2. The van der Waals surface area contributed by atoms with Crippen LogP contribution in [0.2, 0.25) is 0 Å². The summed E-state index contributed by atoms with van der Waals surface area (Å²) in [6.07, 6.45) is 6.62. The summed E-state index contributed by atoms with van der Waals surface area (Å²) in [5, 5.41) is 5.02. The maximum atomic E-state index is 6.21. The van der Waals surface area contributed by atoms with Crippen LogP contribution in [0.25, 0.3) is 11.5 Å². The lowest BCUT2D eigenvalue weighted by Gasteiger charge is -2.18. The molecule has 0 unspecified atom stereocenters. The number of rotatable bonds is 2. The zero-order valence-electron chi connectivity index (χ0n) is 11.9. The van der Waals surface area contributed by atoms with E-state index in [0.717, 1.165) is 55.3 Å². The van der Waals surface area contributed by atoms with E-state index in [1.165, 1.54) is 23.3 Å². The zero-order valence-corrected chi connectivity index (χ0v) is 12.7. The molecule has 112 valence electrons. The molecule has 4 rings (SSSR count). The SMILES string of the molecule is Nc1sc2c(c1-c1nc(C3CCOCC3)no1)CCCC2. The van der Waals surface area contributed by atoms with Crippen LogP contribution in [0, 0.1) is 0 Å². The van der Waals surface area contributed by atoms with E-state index < -0.39 is 0 Å². The molecule has 0 saturated carbocycles. The molecule has 0 spiro atoms. The van der Waals surface area contributed by atoms with Gasteiger partial charge < -0.3 is 15.0 Å². The Kier molecular flexibility index (Phi) is 3.43. The Morgan fingerprint density at radius 1 is 1.14 bits per heavy atom. The first-order chi connectivity index (χ1) is 10.3. The highest BCUT2D eigenvalue weighted by atomic mass is 32.1. The number of ether oxygens (including phenoxy) is 1. The second-order valence-corrected chi connectivity index (χ2v) is 6.93. The Hall–Kier alpha value is -1.40. The lowest BCUT2D eigenvalue weighted by molar-refractivity contribution is 0.0830. The molecule has 0 aromatic carbocycles. The van der Waals surface area contributed by atoms with Crippen molar-refractivity contribution < 1.29 is 9.26 Å². The topological polar surface area (TPSA) is 74.2 Å². The Balaban J connectivity index is 1.68. The minimum absolute atomic E-state index is 0.354. The van der Waals surface area contributed by atoms with Crippen molar-refractivity contribution in [3.05, 3.63) is 16.3 Å². The molecule has 3 heterocycles. The van der Waals surface area contributed by atoms with Crippen LogP contribution in [-0.2, 0) is 17.6 Å². The van der Waals surface area contributed by atoms with Crippen LogP contribution in [0.4, 0.5) is 5.00 Å². The fourth-order valence-electron chi connectivity index (χ4n) is 3.28. The van der Waals surface area contributed by atoms with E-state index in [2.05, 4.69) is 10.1 Å². The highest BCUT2D eigenvalue weighted by Crippen LogP contribution is 2.42. The number of thiophene rings is 1. The molecule has 0 amide bonds. The van der Waals surface area contributed by atoms with E-state index in [9.17, 15) is 0 Å². The molecular formula is C15H19N3O2S. The van der Waals surface area contributed by atoms with Gasteiger partial charge in [0, 0.05) is 24.0 Å². The normalized spacial score (nSPS) is 19.6.